The molecule has 0 fully saturated rings. The molecule has 0 bridgehead atoms. The molecule has 8 heteroatoms. The van der Waals surface area contributed by atoms with Crippen molar-refractivity contribution in [2.24, 2.45) is 0 Å². The van der Waals surface area contributed by atoms with Crippen LogP contribution in [-0.4, -0.2) is 38.2 Å². The second-order valence-corrected chi connectivity index (χ2v) is 4.84. The van der Waals surface area contributed by atoms with E-state index in [1.807, 2.05) is 31.2 Å². The van der Waals surface area contributed by atoms with Crippen molar-refractivity contribution in [1.82, 2.24) is 25.5 Å². The van der Waals surface area contributed by atoms with Crippen molar-refractivity contribution in [2.45, 2.75) is 33.0 Å². The third-order valence-electron chi connectivity index (χ3n) is 2.95. The molecular formula is C14H17N5O3. The average molecular weight is 303 g/mol. The van der Waals surface area contributed by atoms with Gasteiger partial charge in [0.1, 0.15) is 12.9 Å². The number of carbonyl (C=O) groups is 2. The van der Waals surface area contributed by atoms with Crippen LogP contribution in [0.15, 0.2) is 30.6 Å². The van der Waals surface area contributed by atoms with E-state index in [2.05, 4.69) is 20.8 Å². The van der Waals surface area contributed by atoms with E-state index in [1.54, 1.807) is 0 Å². The van der Waals surface area contributed by atoms with Crippen molar-refractivity contribution in [1.29, 1.82) is 0 Å². The second-order valence-electron chi connectivity index (χ2n) is 4.84. The minimum absolute atomic E-state index is 0.136. The maximum Gasteiger partial charge on any atom is 0.328 e. The molecule has 22 heavy (non-hydrogen) atoms. The van der Waals surface area contributed by atoms with Crippen molar-refractivity contribution in [2.75, 3.05) is 0 Å². The van der Waals surface area contributed by atoms with Gasteiger partial charge in [-0.2, -0.15) is 0 Å². The molecule has 1 amide bonds. The van der Waals surface area contributed by atoms with Crippen LogP contribution in [0.4, 0.5) is 0 Å². The highest BCUT2D eigenvalue weighted by Crippen LogP contribution is 2.03. The number of nitrogens with one attached hydrogen (secondary N) is 1. The number of amides is 1. The quantitative estimate of drug-likeness (QED) is 0.767. The largest absolute Gasteiger partial charge is 0.451 e. The molecule has 0 aliphatic carbocycles. The summed E-state index contributed by atoms with van der Waals surface area (Å²) in [5.74, 6) is -0.934. The van der Waals surface area contributed by atoms with Gasteiger partial charge in [0.15, 0.2) is 6.10 Å². The Morgan fingerprint density at radius 1 is 1.32 bits per heavy atom. The van der Waals surface area contributed by atoms with Crippen LogP contribution in [0, 0.1) is 6.92 Å². The molecule has 0 radical (unpaired) electrons. The van der Waals surface area contributed by atoms with E-state index < -0.39 is 12.1 Å². The highest BCUT2D eigenvalue weighted by molar-refractivity contribution is 5.83. The summed E-state index contributed by atoms with van der Waals surface area (Å²) in [5, 5.41) is 13.1. The van der Waals surface area contributed by atoms with Gasteiger partial charge in [-0.25, -0.2) is 4.68 Å². The van der Waals surface area contributed by atoms with Gasteiger partial charge in [-0.15, -0.1) is 5.10 Å². The number of aryl methyl sites for hydroxylation is 1. The molecule has 116 valence electrons. The van der Waals surface area contributed by atoms with E-state index in [0.29, 0.717) is 6.54 Å². The van der Waals surface area contributed by atoms with Crippen molar-refractivity contribution in [3.05, 3.63) is 41.7 Å². The lowest BCUT2D eigenvalue weighted by molar-refractivity contribution is -0.155. The van der Waals surface area contributed by atoms with Gasteiger partial charge in [-0.3, -0.25) is 9.59 Å². The molecule has 2 aromatic rings. The number of aromatic nitrogens is 4. The molecule has 1 atom stereocenters. The number of ether oxygens (including phenoxy) is 1. The summed E-state index contributed by atoms with van der Waals surface area (Å²) in [6, 6.07) is 7.81. The topological polar surface area (TPSA) is 99.0 Å². The lowest BCUT2D eigenvalue weighted by atomic mass is 10.1. The smallest absolute Gasteiger partial charge is 0.328 e. The van der Waals surface area contributed by atoms with Crippen molar-refractivity contribution >= 4 is 11.9 Å². The van der Waals surface area contributed by atoms with Crippen LogP contribution in [0.3, 0.4) is 0 Å². The molecule has 8 nitrogen and oxygen atoms in total. The van der Waals surface area contributed by atoms with Crippen LogP contribution in [0.2, 0.25) is 0 Å². The molecule has 0 aliphatic rings. The van der Waals surface area contributed by atoms with Gasteiger partial charge < -0.3 is 10.1 Å². The van der Waals surface area contributed by atoms with Crippen LogP contribution in [0.5, 0.6) is 0 Å². The first-order chi connectivity index (χ1) is 10.5. The minimum Gasteiger partial charge on any atom is -0.451 e. The predicted molar refractivity (Wildman–Crippen MR) is 76.4 cm³/mol. The number of benzene rings is 1. The molecule has 1 aromatic carbocycles. The Labute approximate surface area is 127 Å². The molecular weight excluding hydrogens is 286 g/mol. The fraction of sp³-hybridized carbons (Fsp3) is 0.357. The summed E-state index contributed by atoms with van der Waals surface area (Å²) in [5.41, 5.74) is 2.13. The minimum atomic E-state index is -0.880. The zero-order chi connectivity index (χ0) is 15.9. The Kier molecular flexibility index (Phi) is 5.18. The van der Waals surface area contributed by atoms with Gasteiger partial charge in [0.05, 0.1) is 0 Å². The molecule has 0 aliphatic heterocycles. The molecule has 0 spiro atoms. The standard InChI is InChI=1S/C14H17N5O3/c1-10-3-5-12(6-4-10)7-15-14(21)11(2)22-13(20)8-19-9-16-17-18-19/h3-6,9,11H,7-8H2,1-2H3,(H,15,21)/t11-/m0/s1. The van der Waals surface area contributed by atoms with Gasteiger partial charge in [-0.05, 0) is 29.8 Å². The van der Waals surface area contributed by atoms with Crippen molar-refractivity contribution in [3.8, 4) is 0 Å². The van der Waals surface area contributed by atoms with Gasteiger partial charge >= 0.3 is 5.97 Å². The first kappa shape index (κ1) is 15.6. The normalized spacial score (nSPS) is 11.7. The first-order valence-electron chi connectivity index (χ1n) is 6.78. The molecule has 1 aromatic heterocycles. The van der Waals surface area contributed by atoms with Crippen LogP contribution >= 0.6 is 0 Å². The summed E-state index contributed by atoms with van der Waals surface area (Å²) in [6.07, 6.45) is 0.415. The van der Waals surface area contributed by atoms with Gasteiger partial charge in [0, 0.05) is 6.54 Å². The second kappa shape index (κ2) is 7.30. The summed E-state index contributed by atoms with van der Waals surface area (Å²) in [7, 11) is 0. The fourth-order valence-corrected chi connectivity index (χ4v) is 1.71. The molecule has 0 unspecified atom stereocenters. The number of carbonyl (C=O) groups excluding carboxylic acids is 2. The zero-order valence-electron chi connectivity index (χ0n) is 12.4. The lowest BCUT2D eigenvalue weighted by Crippen LogP contribution is -2.36. The van der Waals surface area contributed by atoms with Gasteiger partial charge in [-0.1, -0.05) is 29.8 Å². The number of esters is 1. The maximum absolute atomic E-state index is 11.9. The highest BCUT2D eigenvalue weighted by atomic mass is 16.5. The molecule has 0 saturated carbocycles. The third kappa shape index (κ3) is 4.65. The Morgan fingerprint density at radius 2 is 2.05 bits per heavy atom. The van der Waals surface area contributed by atoms with Crippen molar-refractivity contribution in [3.63, 3.8) is 0 Å². The van der Waals surface area contributed by atoms with E-state index in [-0.39, 0.29) is 12.5 Å². The van der Waals surface area contributed by atoms with Gasteiger partial charge in [0.2, 0.25) is 0 Å². The summed E-state index contributed by atoms with van der Waals surface area (Å²) in [6.45, 7) is 3.76. The average Bonchev–Trinajstić information content (AvgIpc) is 2.99. The monoisotopic (exact) mass is 303 g/mol. The number of hydrogen-bond acceptors (Lipinski definition) is 6. The molecule has 1 heterocycles. The zero-order valence-corrected chi connectivity index (χ0v) is 12.4. The van der Waals surface area contributed by atoms with Crippen LogP contribution in [0.1, 0.15) is 18.1 Å². The number of nitrogens with zero attached hydrogens (tertiary/aromatic N) is 4. The van der Waals surface area contributed by atoms with Gasteiger partial charge in [0.25, 0.3) is 5.91 Å². The number of tetrazole rings is 1. The van der Waals surface area contributed by atoms with Crippen molar-refractivity contribution < 1.29 is 14.3 Å². The van der Waals surface area contributed by atoms with Crippen LogP contribution in [-0.2, 0) is 27.4 Å². The fourth-order valence-electron chi connectivity index (χ4n) is 1.71. The molecule has 2 rings (SSSR count). The third-order valence-corrected chi connectivity index (χ3v) is 2.95. The van der Waals surface area contributed by atoms with E-state index >= 15 is 0 Å². The highest BCUT2D eigenvalue weighted by Gasteiger charge is 2.17. The SMILES string of the molecule is Cc1ccc(CNC(=O)[C@H](C)OC(=O)Cn2cnnn2)cc1. The lowest BCUT2D eigenvalue weighted by Gasteiger charge is -2.13. The van der Waals surface area contributed by atoms with E-state index in [1.165, 1.54) is 17.9 Å². The van der Waals surface area contributed by atoms with E-state index in [9.17, 15) is 9.59 Å². The Bertz CT molecular complexity index is 624. The number of hydrogen-bond donors (Lipinski definition) is 1. The summed E-state index contributed by atoms with van der Waals surface area (Å²) < 4.78 is 6.25. The number of rotatable bonds is 6. The van der Waals surface area contributed by atoms with E-state index in [4.69, 9.17) is 4.74 Å². The first-order valence-corrected chi connectivity index (χ1v) is 6.78. The maximum atomic E-state index is 11.9. The Hall–Kier alpha value is -2.77. The van der Waals surface area contributed by atoms with E-state index in [0.717, 1.165) is 11.1 Å². The summed E-state index contributed by atoms with van der Waals surface area (Å²) >= 11 is 0. The van der Waals surface area contributed by atoms with Crippen LogP contribution < -0.4 is 5.32 Å². The molecule has 0 saturated heterocycles. The van der Waals surface area contributed by atoms with Crippen LogP contribution in [0.25, 0.3) is 0 Å². The molecule has 1 N–H and O–H groups in total. The predicted octanol–water partition coefficient (Wildman–Crippen LogP) is 0.230. The Balaban J connectivity index is 1.76. The Morgan fingerprint density at radius 3 is 2.68 bits per heavy atom. The summed E-state index contributed by atoms with van der Waals surface area (Å²) in [4.78, 5) is 23.5.